The van der Waals surface area contributed by atoms with E-state index >= 15 is 0 Å². The van der Waals surface area contributed by atoms with Crippen LogP contribution in [0, 0.1) is 11.8 Å². The number of hydrogen-bond donors (Lipinski definition) is 2. The topological polar surface area (TPSA) is 63.8 Å². The van der Waals surface area contributed by atoms with Crippen LogP contribution in [-0.2, 0) is 0 Å². The Kier molecular flexibility index (Phi) is 3.72. The third kappa shape index (κ3) is 2.80. The first-order chi connectivity index (χ1) is 8.08. The minimum absolute atomic E-state index is 0.258. The first-order valence-electron chi connectivity index (χ1n) is 6.12. The zero-order valence-corrected chi connectivity index (χ0v) is 11.0. The van der Waals surface area contributed by atoms with Gasteiger partial charge in [0.1, 0.15) is 5.02 Å². The highest BCUT2D eigenvalue weighted by Crippen LogP contribution is 2.32. The summed E-state index contributed by atoms with van der Waals surface area (Å²) >= 11 is 6.06. The molecule has 1 aliphatic rings. The van der Waals surface area contributed by atoms with Crippen LogP contribution >= 0.6 is 11.6 Å². The Bertz CT molecular complexity index is 396. The molecule has 0 saturated heterocycles. The van der Waals surface area contributed by atoms with Gasteiger partial charge in [0, 0.05) is 6.04 Å². The number of halogens is 1. The smallest absolute Gasteiger partial charge is 0.222 e. The van der Waals surface area contributed by atoms with Gasteiger partial charge in [0.15, 0.2) is 5.82 Å². The first kappa shape index (κ1) is 12.4. The Labute approximate surface area is 107 Å². The number of nitrogens with one attached hydrogen (secondary N) is 1. The van der Waals surface area contributed by atoms with E-state index < -0.39 is 0 Å². The fraction of sp³-hybridized carbons (Fsp3) is 0.667. The summed E-state index contributed by atoms with van der Waals surface area (Å²) in [5.74, 6) is 2.27. The Morgan fingerprint density at radius 2 is 2.18 bits per heavy atom. The van der Waals surface area contributed by atoms with Crippen LogP contribution in [0.2, 0.25) is 5.02 Å². The van der Waals surface area contributed by atoms with E-state index in [9.17, 15) is 0 Å². The molecule has 1 aromatic heterocycles. The van der Waals surface area contributed by atoms with Crippen molar-refractivity contribution in [2.45, 2.75) is 39.2 Å². The van der Waals surface area contributed by atoms with Gasteiger partial charge in [-0.05, 0) is 18.3 Å². The molecule has 0 bridgehead atoms. The van der Waals surface area contributed by atoms with Crippen molar-refractivity contribution in [3.8, 4) is 0 Å². The lowest BCUT2D eigenvalue weighted by atomic mass is 9.78. The second kappa shape index (κ2) is 5.08. The van der Waals surface area contributed by atoms with E-state index in [-0.39, 0.29) is 5.95 Å². The Balaban J connectivity index is 2.11. The predicted molar refractivity (Wildman–Crippen MR) is 71.0 cm³/mol. The summed E-state index contributed by atoms with van der Waals surface area (Å²) in [7, 11) is 0. The van der Waals surface area contributed by atoms with Gasteiger partial charge >= 0.3 is 0 Å². The maximum Gasteiger partial charge on any atom is 0.222 e. The Hall–Kier alpha value is -1.03. The molecule has 0 radical (unpaired) electrons. The van der Waals surface area contributed by atoms with Gasteiger partial charge in [-0.2, -0.15) is 4.98 Å². The number of nitrogens with two attached hydrogens (primary N) is 1. The molecule has 1 aromatic rings. The average Bonchev–Trinajstić information content (AvgIpc) is 2.30. The summed E-state index contributed by atoms with van der Waals surface area (Å²) in [6.07, 6.45) is 5.26. The summed E-state index contributed by atoms with van der Waals surface area (Å²) in [4.78, 5) is 8.01. The number of anilines is 2. The van der Waals surface area contributed by atoms with E-state index in [2.05, 4.69) is 29.1 Å². The van der Waals surface area contributed by atoms with Gasteiger partial charge in [-0.3, -0.25) is 0 Å². The highest BCUT2D eigenvalue weighted by atomic mass is 35.5. The van der Waals surface area contributed by atoms with E-state index in [1.807, 2.05) is 0 Å². The molecule has 3 unspecified atom stereocenters. The molecule has 17 heavy (non-hydrogen) atoms. The quantitative estimate of drug-likeness (QED) is 0.852. The number of aromatic nitrogens is 2. The van der Waals surface area contributed by atoms with E-state index in [0.717, 1.165) is 12.3 Å². The molecule has 3 N–H and O–H groups in total. The zero-order valence-electron chi connectivity index (χ0n) is 10.3. The van der Waals surface area contributed by atoms with Crippen molar-refractivity contribution < 1.29 is 0 Å². The van der Waals surface area contributed by atoms with Crippen molar-refractivity contribution in [3.05, 3.63) is 11.2 Å². The zero-order chi connectivity index (χ0) is 12.4. The Morgan fingerprint density at radius 1 is 1.41 bits per heavy atom. The van der Waals surface area contributed by atoms with E-state index in [4.69, 9.17) is 17.3 Å². The molecule has 0 spiro atoms. The third-order valence-electron chi connectivity index (χ3n) is 3.79. The van der Waals surface area contributed by atoms with Gasteiger partial charge in [0.2, 0.25) is 5.95 Å². The molecule has 94 valence electrons. The monoisotopic (exact) mass is 254 g/mol. The Morgan fingerprint density at radius 3 is 2.94 bits per heavy atom. The van der Waals surface area contributed by atoms with Gasteiger partial charge in [-0.1, -0.05) is 38.3 Å². The minimum atomic E-state index is 0.258. The van der Waals surface area contributed by atoms with Crippen LogP contribution < -0.4 is 11.1 Å². The molecular formula is C12H19ClN4. The predicted octanol–water partition coefficient (Wildman–Crippen LogP) is 2.95. The van der Waals surface area contributed by atoms with Crippen molar-refractivity contribution in [3.63, 3.8) is 0 Å². The van der Waals surface area contributed by atoms with Gasteiger partial charge in [0.05, 0.1) is 6.20 Å². The number of rotatable bonds is 2. The van der Waals surface area contributed by atoms with Crippen LogP contribution in [0.4, 0.5) is 11.8 Å². The molecule has 0 aliphatic heterocycles. The lowest BCUT2D eigenvalue weighted by molar-refractivity contribution is 0.253. The van der Waals surface area contributed by atoms with Gasteiger partial charge in [-0.25, -0.2) is 4.98 Å². The number of nitrogen functional groups attached to an aromatic ring is 1. The largest absolute Gasteiger partial charge is 0.368 e. The lowest BCUT2D eigenvalue weighted by Crippen LogP contribution is -2.35. The summed E-state index contributed by atoms with van der Waals surface area (Å²) in [6.45, 7) is 4.58. The molecule has 0 aromatic carbocycles. The van der Waals surface area contributed by atoms with E-state index in [1.165, 1.54) is 12.8 Å². The van der Waals surface area contributed by atoms with Crippen molar-refractivity contribution >= 4 is 23.4 Å². The van der Waals surface area contributed by atoms with Crippen molar-refractivity contribution in [1.82, 2.24) is 9.97 Å². The molecule has 1 aliphatic carbocycles. The summed E-state index contributed by atoms with van der Waals surface area (Å²) < 4.78 is 0. The highest BCUT2D eigenvalue weighted by Gasteiger charge is 2.27. The second-order valence-electron chi connectivity index (χ2n) is 4.94. The van der Waals surface area contributed by atoms with Crippen molar-refractivity contribution in [2.24, 2.45) is 11.8 Å². The van der Waals surface area contributed by atoms with Crippen LogP contribution in [0.25, 0.3) is 0 Å². The van der Waals surface area contributed by atoms with Crippen LogP contribution in [0.1, 0.15) is 33.1 Å². The van der Waals surface area contributed by atoms with Crippen molar-refractivity contribution in [2.75, 3.05) is 11.1 Å². The molecule has 4 nitrogen and oxygen atoms in total. The fourth-order valence-corrected chi connectivity index (χ4v) is 2.59. The SMILES string of the molecule is CC1CCCC(Nc2nc(N)ncc2Cl)C1C. The maximum atomic E-state index is 6.06. The van der Waals surface area contributed by atoms with Gasteiger partial charge < -0.3 is 11.1 Å². The number of nitrogens with zero attached hydrogens (tertiary/aromatic N) is 2. The van der Waals surface area contributed by atoms with Crippen LogP contribution in [-0.4, -0.2) is 16.0 Å². The van der Waals surface area contributed by atoms with E-state index in [1.54, 1.807) is 6.20 Å². The molecular weight excluding hydrogens is 236 g/mol. The maximum absolute atomic E-state index is 6.06. The minimum Gasteiger partial charge on any atom is -0.368 e. The van der Waals surface area contributed by atoms with Gasteiger partial charge in [-0.15, -0.1) is 0 Å². The third-order valence-corrected chi connectivity index (χ3v) is 4.07. The second-order valence-corrected chi connectivity index (χ2v) is 5.35. The molecule has 2 rings (SSSR count). The summed E-state index contributed by atoms with van der Waals surface area (Å²) in [5.41, 5.74) is 5.57. The normalized spacial score (nSPS) is 29.0. The average molecular weight is 255 g/mol. The van der Waals surface area contributed by atoms with Gasteiger partial charge in [0.25, 0.3) is 0 Å². The summed E-state index contributed by atoms with van der Waals surface area (Å²) in [6, 6.07) is 0.422. The number of hydrogen-bond acceptors (Lipinski definition) is 4. The molecule has 0 amide bonds. The van der Waals surface area contributed by atoms with Crippen LogP contribution in [0.5, 0.6) is 0 Å². The molecule has 5 heteroatoms. The van der Waals surface area contributed by atoms with E-state index in [0.29, 0.717) is 22.8 Å². The lowest BCUT2D eigenvalue weighted by Gasteiger charge is -2.35. The first-order valence-corrected chi connectivity index (χ1v) is 6.50. The molecule has 1 heterocycles. The van der Waals surface area contributed by atoms with Crippen LogP contribution in [0.3, 0.4) is 0 Å². The molecule has 1 saturated carbocycles. The van der Waals surface area contributed by atoms with Crippen molar-refractivity contribution in [1.29, 1.82) is 0 Å². The molecule has 1 fully saturated rings. The fourth-order valence-electron chi connectivity index (χ4n) is 2.44. The van der Waals surface area contributed by atoms with Crippen LogP contribution in [0.15, 0.2) is 6.20 Å². The summed E-state index contributed by atoms with van der Waals surface area (Å²) in [5, 5.41) is 3.94. The standard InChI is InChI=1S/C12H19ClN4/c1-7-4-3-5-10(8(7)2)16-11-9(13)6-15-12(14)17-11/h6-8,10H,3-5H2,1-2H3,(H3,14,15,16,17). The highest BCUT2D eigenvalue weighted by molar-refractivity contribution is 6.32. The molecule has 3 atom stereocenters.